The molecular weight excluding hydrogens is 328 g/mol. The van der Waals surface area contributed by atoms with Crippen molar-refractivity contribution in [3.8, 4) is 17.6 Å². The van der Waals surface area contributed by atoms with Crippen LogP contribution >= 0.6 is 0 Å². The van der Waals surface area contributed by atoms with E-state index < -0.39 is 0 Å². The van der Waals surface area contributed by atoms with Crippen LogP contribution in [0.5, 0.6) is 5.75 Å². The Morgan fingerprint density at radius 1 is 0.778 bits per heavy atom. The van der Waals surface area contributed by atoms with E-state index in [4.69, 9.17) is 4.74 Å². The van der Waals surface area contributed by atoms with Crippen molar-refractivity contribution in [2.75, 3.05) is 6.61 Å². The molecule has 1 heteroatoms. The highest BCUT2D eigenvalue weighted by Gasteiger charge is 1.97. The molecule has 0 N–H and O–H groups in total. The Kier molecular flexibility index (Phi) is 9.56. The van der Waals surface area contributed by atoms with Gasteiger partial charge in [0.05, 0.1) is 6.61 Å². The van der Waals surface area contributed by atoms with Crippen molar-refractivity contribution in [3.63, 3.8) is 0 Å². The number of aryl methyl sites for hydroxylation is 1. The number of rotatable bonds is 10. The summed E-state index contributed by atoms with van der Waals surface area (Å²) in [5, 5.41) is 0. The number of ether oxygens (including phenoxy) is 1. The van der Waals surface area contributed by atoms with Gasteiger partial charge in [-0.25, -0.2) is 0 Å². The Morgan fingerprint density at radius 2 is 1.41 bits per heavy atom. The highest BCUT2D eigenvalue weighted by atomic mass is 16.5. The molecule has 0 heterocycles. The molecular formula is C26H34O. The van der Waals surface area contributed by atoms with Crippen LogP contribution in [-0.4, -0.2) is 6.61 Å². The van der Waals surface area contributed by atoms with Crippen molar-refractivity contribution in [2.24, 2.45) is 5.92 Å². The van der Waals surface area contributed by atoms with Gasteiger partial charge in [-0.05, 0) is 67.1 Å². The minimum Gasteiger partial charge on any atom is -0.494 e. The highest BCUT2D eigenvalue weighted by Crippen LogP contribution is 2.13. The maximum absolute atomic E-state index is 5.78. The quantitative estimate of drug-likeness (QED) is 0.326. The van der Waals surface area contributed by atoms with Crippen LogP contribution in [0.1, 0.15) is 76.0 Å². The van der Waals surface area contributed by atoms with Crippen molar-refractivity contribution in [1.29, 1.82) is 0 Å². The molecule has 0 aliphatic rings. The maximum Gasteiger partial charge on any atom is 0.119 e. The van der Waals surface area contributed by atoms with Gasteiger partial charge in [-0.2, -0.15) is 0 Å². The van der Waals surface area contributed by atoms with Crippen LogP contribution in [-0.2, 0) is 6.42 Å². The Morgan fingerprint density at radius 3 is 2.00 bits per heavy atom. The van der Waals surface area contributed by atoms with Crippen LogP contribution in [0.3, 0.4) is 0 Å². The summed E-state index contributed by atoms with van der Waals surface area (Å²) in [6.07, 6.45) is 8.63. The second-order valence-corrected chi connectivity index (χ2v) is 7.67. The summed E-state index contributed by atoms with van der Waals surface area (Å²) in [5.41, 5.74) is 3.50. The van der Waals surface area contributed by atoms with Gasteiger partial charge in [0.25, 0.3) is 0 Å². The van der Waals surface area contributed by atoms with Crippen LogP contribution in [0.25, 0.3) is 0 Å². The monoisotopic (exact) mass is 362 g/mol. The molecule has 2 aromatic carbocycles. The third-order valence-corrected chi connectivity index (χ3v) is 4.67. The summed E-state index contributed by atoms with van der Waals surface area (Å²) in [6, 6.07) is 16.8. The second kappa shape index (κ2) is 12.2. The molecule has 144 valence electrons. The van der Waals surface area contributed by atoms with E-state index in [1.165, 1.54) is 37.7 Å². The second-order valence-electron chi connectivity index (χ2n) is 7.67. The van der Waals surface area contributed by atoms with E-state index in [2.05, 4.69) is 56.9 Å². The minimum atomic E-state index is 0.785. The normalized spacial score (nSPS) is 10.5. The predicted octanol–water partition coefficient (Wildman–Crippen LogP) is 7.02. The molecule has 0 aliphatic heterocycles. The molecule has 0 bridgehead atoms. The fourth-order valence-electron chi connectivity index (χ4n) is 2.97. The highest BCUT2D eigenvalue weighted by molar-refractivity contribution is 5.44. The molecule has 0 aliphatic carbocycles. The van der Waals surface area contributed by atoms with Gasteiger partial charge in [0.1, 0.15) is 5.75 Å². The van der Waals surface area contributed by atoms with E-state index in [0.29, 0.717) is 0 Å². The van der Waals surface area contributed by atoms with E-state index in [-0.39, 0.29) is 0 Å². The van der Waals surface area contributed by atoms with E-state index in [1.54, 1.807) is 0 Å². The molecule has 0 radical (unpaired) electrons. The third-order valence-electron chi connectivity index (χ3n) is 4.67. The van der Waals surface area contributed by atoms with Crippen molar-refractivity contribution in [2.45, 2.75) is 65.7 Å². The standard InChI is InChI=1S/C26H34O/c1-4-5-6-7-21-27-26-19-17-25(18-20-26)16-15-24-13-11-23(12-14-24)10-8-9-22(2)3/h11-14,17-20,22H,4-10,21H2,1-3H3. The third kappa shape index (κ3) is 8.83. The summed E-state index contributed by atoms with van der Waals surface area (Å²) in [6.45, 7) is 7.59. The first-order valence-electron chi connectivity index (χ1n) is 10.5. The minimum absolute atomic E-state index is 0.785. The lowest BCUT2D eigenvalue weighted by Crippen LogP contribution is -1.96. The van der Waals surface area contributed by atoms with Gasteiger partial charge >= 0.3 is 0 Å². The molecule has 0 atom stereocenters. The molecule has 2 aromatic rings. The predicted molar refractivity (Wildman–Crippen MR) is 116 cm³/mol. The number of unbranched alkanes of at least 4 members (excludes halogenated alkanes) is 3. The van der Waals surface area contributed by atoms with Crippen LogP contribution in [0.2, 0.25) is 0 Å². The summed E-state index contributed by atoms with van der Waals surface area (Å²) < 4.78 is 5.78. The van der Waals surface area contributed by atoms with Gasteiger partial charge in [-0.1, -0.05) is 70.4 Å². The van der Waals surface area contributed by atoms with Crippen LogP contribution in [0, 0.1) is 17.8 Å². The van der Waals surface area contributed by atoms with Crippen molar-refractivity contribution >= 4 is 0 Å². The topological polar surface area (TPSA) is 9.23 Å². The zero-order chi connectivity index (χ0) is 19.3. The summed E-state index contributed by atoms with van der Waals surface area (Å²) in [4.78, 5) is 0. The van der Waals surface area contributed by atoms with Gasteiger partial charge in [0, 0.05) is 11.1 Å². The first-order chi connectivity index (χ1) is 13.2. The van der Waals surface area contributed by atoms with Crippen LogP contribution in [0.4, 0.5) is 0 Å². The van der Waals surface area contributed by atoms with E-state index >= 15 is 0 Å². The summed E-state index contributed by atoms with van der Waals surface area (Å²) in [5.74, 6) is 8.22. The van der Waals surface area contributed by atoms with E-state index in [9.17, 15) is 0 Å². The lowest BCUT2D eigenvalue weighted by Gasteiger charge is -2.05. The Bertz CT molecular complexity index is 699. The van der Waals surface area contributed by atoms with Gasteiger partial charge in [0.2, 0.25) is 0 Å². The average molecular weight is 363 g/mol. The fourth-order valence-corrected chi connectivity index (χ4v) is 2.97. The number of benzene rings is 2. The number of hydrogen-bond donors (Lipinski definition) is 0. The molecule has 27 heavy (non-hydrogen) atoms. The van der Waals surface area contributed by atoms with Gasteiger partial charge in [-0.15, -0.1) is 0 Å². The Balaban J connectivity index is 1.80. The first-order valence-corrected chi connectivity index (χ1v) is 10.5. The van der Waals surface area contributed by atoms with E-state index in [1.807, 2.05) is 24.3 Å². The van der Waals surface area contributed by atoms with Crippen molar-refractivity contribution in [1.82, 2.24) is 0 Å². The number of hydrogen-bond acceptors (Lipinski definition) is 1. The smallest absolute Gasteiger partial charge is 0.119 e. The van der Waals surface area contributed by atoms with Crippen LogP contribution < -0.4 is 4.74 Å². The van der Waals surface area contributed by atoms with Gasteiger partial charge in [-0.3, -0.25) is 0 Å². The zero-order valence-corrected chi connectivity index (χ0v) is 17.3. The molecule has 0 aromatic heterocycles. The van der Waals surface area contributed by atoms with Gasteiger partial charge in [0.15, 0.2) is 0 Å². The van der Waals surface area contributed by atoms with Crippen LogP contribution in [0.15, 0.2) is 48.5 Å². The fraction of sp³-hybridized carbons (Fsp3) is 0.462. The Hall–Kier alpha value is -2.20. The summed E-state index contributed by atoms with van der Waals surface area (Å²) >= 11 is 0. The van der Waals surface area contributed by atoms with Crippen molar-refractivity contribution < 1.29 is 4.74 Å². The molecule has 1 nitrogen and oxygen atoms in total. The molecule has 0 spiro atoms. The maximum atomic E-state index is 5.78. The molecule has 0 fully saturated rings. The van der Waals surface area contributed by atoms with Gasteiger partial charge < -0.3 is 4.74 Å². The molecule has 2 rings (SSSR count). The lowest BCUT2D eigenvalue weighted by atomic mass is 10.0. The molecule has 0 unspecified atom stereocenters. The first kappa shape index (κ1) is 21.1. The zero-order valence-electron chi connectivity index (χ0n) is 17.3. The van der Waals surface area contributed by atoms with Crippen molar-refractivity contribution in [3.05, 3.63) is 65.2 Å². The molecule has 0 amide bonds. The molecule has 0 saturated heterocycles. The SMILES string of the molecule is CCCCCCOc1ccc(C#Cc2ccc(CCCC(C)C)cc2)cc1. The lowest BCUT2D eigenvalue weighted by molar-refractivity contribution is 0.305. The largest absolute Gasteiger partial charge is 0.494 e. The summed E-state index contributed by atoms with van der Waals surface area (Å²) in [7, 11) is 0. The average Bonchev–Trinajstić information content (AvgIpc) is 2.68. The Labute approximate surface area is 166 Å². The molecule has 0 saturated carbocycles. The van der Waals surface area contributed by atoms with E-state index in [0.717, 1.165) is 42.2 Å².